The van der Waals surface area contributed by atoms with E-state index in [4.69, 9.17) is 4.99 Å². The Morgan fingerprint density at radius 1 is 1.04 bits per heavy atom. The fourth-order valence-corrected chi connectivity index (χ4v) is 4.36. The molecule has 148 valence electrons. The van der Waals surface area contributed by atoms with Crippen LogP contribution in [0.2, 0.25) is 0 Å². The summed E-state index contributed by atoms with van der Waals surface area (Å²) in [4.78, 5) is 39.9. The molecule has 4 aliphatic heterocycles. The third-order valence-corrected chi connectivity index (χ3v) is 6.32. The van der Waals surface area contributed by atoms with E-state index in [-0.39, 0.29) is 11.9 Å². The number of rotatable bonds is 4. The number of amides is 3. The number of guanidine groups is 1. The fourth-order valence-electron chi connectivity index (χ4n) is 4.36. The smallest absolute Gasteiger partial charge is 0.313 e. The Kier molecular flexibility index (Phi) is 4.59. The molecule has 0 bridgehead atoms. The van der Waals surface area contributed by atoms with Crippen LogP contribution in [0.4, 0.5) is 4.79 Å². The summed E-state index contributed by atoms with van der Waals surface area (Å²) in [5.74, 6) is 0.524. The van der Waals surface area contributed by atoms with Crippen molar-refractivity contribution in [1.29, 1.82) is 0 Å². The summed E-state index contributed by atoms with van der Waals surface area (Å²) < 4.78 is 0. The number of allylic oxidation sites excluding steroid dienone is 2. The van der Waals surface area contributed by atoms with Crippen LogP contribution in [0.5, 0.6) is 0 Å². The normalized spacial score (nSPS) is 29.3. The third kappa shape index (κ3) is 2.89. The van der Waals surface area contributed by atoms with E-state index >= 15 is 0 Å². The molecule has 0 spiro atoms. The van der Waals surface area contributed by atoms with E-state index in [9.17, 15) is 9.59 Å². The van der Waals surface area contributed by atoms with Gasteiger partial charge in [-0.2, -0.15) is 0 Å². The van der Waals surface area contributed by atoms with Gasteiger partial charge in [-0.05, 0) is 20.4 Å². The number of nitrogens with one attached hydrogen (secondary N) is 1. The topological polar surface area (TPSA) is 74.7 Å². The van der Waals surface area contributed by atoms with E-state index in [1.54, 1.807) is 7.05 Å². The fraction of sp³-hybridized carbons (Fsp3) is 0.722. The van der Waals surface area contributed by atoms with Gasteiger partial charge in [-0.1, -0.05) is 6.92 Å². The summed E-state index contributed by atoms with van der Waals surface area (Å²) in [6, 6.07) is -0.860. The first kappa shape index (κ1) is 18.2. The first-order chi connectivity index (χ1) is 12.9. The zero-order valence-electron chi connectivity index (χ0n) is 16.6. The molecule has 0 radical (unpaired) electrons. The van der Waals surface area contributed by atoms with Crippen LogP contribution < -0.4 is 5.32 Å². The predicted molar refractivity (Wildman–Crippen MR) is 102 cm³/mol. The summed E-state index contributed by atoms with van der Waals surface area (Å²) in [7, 11) is 1.69. The summed E-state index contributed by atoms with van der Waals surface area (Å²) >= 11 is 0. The van der Waals surface area contributed by atoms with Crippen molar-refractivity contribution in [3.8, 4) is 0 Å². The Morgan fingerprint density at radius 2 is 1.70 bits per heavy atom. The van der Waals surface area contributed by atoms with Crippen LogP contribution in [-0.2, 0) is 4.79 Å². The summed E-state index contributed by atoms with van der Waals surface area (Å²) in [6.45, 7) is 13.6. The largest absolute Gasteiger partial charge is 0.325 e. The Labute approximate surface area is 160 Å². The second-order valence-corrected chi connectivity index (χ2v) is 7.66. The Balaban J connectivity index is 1.48. The molecule has 2 saturated heterocycles. The Bertz CT molecular complexity index is 710. The predicted octanol–water partition coefficient (Wildman–Crippen LogP) is -0.261. The van der Waals surface area contributed by atoms with Gasteiger partial charge in [-0.25, -0.2) is 9.79 Å². The zero-order chi connectivity index (χ0) is 19.3. The van der Waals surface area contributed by atoms with Crippen LogP contribution in [0, 0.1) is 0 Å². The minimum absolute atomic E-state index is 0.272. The molecule has 0 saturated carbocycles. The van der Waals surface area contributed by atoms with Crippen LogP contribution >= 0.6 is 0 Å². The minimum Gasteiger partial charge on any atom is -0.313 e. The maximum absolute atomic E-state index is 12.5. The number of nitrogens with zero attached hydrogens (tertiary/aromatic N) is 6. The van der Waals surface area contributed by atoms with Gasteiger partial charge in [0.15, 0.2) is 12.2 Å². The number of urea groups is 1. The number of aliphatic imine (C=N–C) groups is 1. The summed E-state index contributed by atoms with van der Waals surface area (Å²) in [5.41, 5.74) is 2.17. The van der Waals surface area contributed by atoms with Gasteiger partial charge in [0, 0.05) is 57.7 Å². The van der Waals surface area contributed by atoms with E-state index in [0.29, 0.717) is 0 Å². The third-order valence-electron chi connectivity index (χ3n) is 6.32. The molecular weight excluding hydrogens is 346 g/mol. The molecule has 9 heteroatoms. The SMILES string of the molecule is CCN1CCN(CCN2C3=NC4C(C(=O)NC(=O)N4C)N3C(C)=C2C)CC1. The molecule has 4 aliphatic rings. The zero-order valence-corrected chi connectivity index (χ0v) is 16.6. The van der Waals surface area contributed by atoms with E-state index < -0.39 is 12.2 Å². The highest BCUT2D eigenvalue weighted by atomic mass is 16.2. The van der Waals surface area contributed by atoms with Gasteiger partial charge in [-0.15, -0.1) is 0 Å². The van der Waals surface area contributed by atoms with E-state index in [2.05, 4.69) is 33.9 Å². The van der Waals surface area contributed by atoms with Crippen molar-refractivity contribution < 1.29 is 9.59 Å². The van der Waals surface area contributed by atoms with Crippen molar-refractivity contribution in [2.75, 3.05) is 52.9 Å². The van der Waals surface area contributed by atoms with Crippen molar-refractivity contribution in [2.24, 2.45) is 4.99 Å². The second kappa shape index (κ2) is 6.79. The summed E-state index contributed by atoms with van der Waals surface area (Å²) in [6.07, 6.45) is -0.458. The van der Waals surface area contributed by atoms with Crippen LogP contribution in [0.25, 0.3) is 0 Å². The number of carbonyl (C=O) groups is 2. The lowest BCUT2D eigenvalue weighted by molar-refractivity contribution is -0.126. The van der Waals surface area contributed by atoms with Crippen molar-refractivity contribution in [2.45, 2.75) is 33.0 Å². The van der Waals surface area contributed by atoms with Gasteiger partial charge in [0.1, 0.15) is 0 Å². The van der Waals surface area contributed by atoms with E-state index in [1.165, 1.54) is 4.90 Å². The molecule has 4 heterocycles. The highest BCUT2D eigenvalue weighted by Gasteiger charge is 2.53. The van der Waals surface area contributed by atoms with Gasteiger partial charge in [-0.3, -0.25) is 19.9 Å². The highest BCUT2D eigenvalue weighted by Crippen LogP contribution is 2.35. The molecule has 2 fully saturated rings. The molecule has 2 atom stereocenters. The quantitative estimate of drug-likeness (QED) is 0.730. The number of hydrogen-bond acceptors (Lipinski definition) is 7. The number of likely N-dealkylation sites (N-methyl/N-ethyl adjacent to an activating group) is 2. The van der Waals surface area contributed by atoms with Gasteiger partial charge >= 0.3 is 6.03 Å². The minimum atomic E-state index is -0.476. The number of carbonyl (C=O) groups excluding carboxylic acids is 2. The van der Waals surface area contributed by atoms with Gasteiger partial charge in [0.05, 0.1) is 0 Å². The lowest BCUT2D eigenvalue weighted by Crippen LogP contribution is -2.63. The van der Waals surface area contributed by atoms with E-state index in [0.717, 1.165) is 63.2 Å². The Hall–Kier alpha value is -2.13. The number of hydrogen-bond donors (Lipinski definition) is 1. The van der Waals surface area contributed by atoms with Crippen molar-refractivity contribution in [3.05, 3.63) is 11.4 Å². The van der Waals surface area contributed by atoms with Gasteiger partial charge in [0.25, 0.3) is 5.91 Å². The van der Waals surface area contributed by atoms with Crippen LogP contribution in [0.15, 0.2) is 16.4 Å². The first-order valence-electron chi connectivity index (χ1n) is 9.76. The van der Waals surface area contributed by atoms with Crippen molar-refractivity contribution >= 4 is 17.9 Å². The standard InChI is InChI=1S/C18H29N7O2/c1-5-22-6-8-23(9-7-22)10-11-24-12(2)13(3)25-14-15(19-17(24)25)21(4)18(27)20-16(14)26/h14-15H,5-11H2,1-4H3,(H,20,26,27). The van der Waals surface area contributed by atoms with Crippen LogP contribution in [-0.4, -0.2) is 107 Å². The van der Waals surface area contributed by atoms with E-state index in [1.807, 2.05) is 11.8 Å². The maximum atomic E-state index is 12.5. The Morgan fingerprint density at radius 3 is 2.37 bits per heavy atom. The number of imide groups is 1. The molecule has 2 unspecified atom stereocenters. The second-order valence-electron chi connectivity index (χ2n) is 7.66. The van der Waals surface area contributed by atoms with Gasteiger partial charge < -0.3 is 14.7 Å². The van der Waals surface area contributed by atoms with Crippen LogP contribution in [0.3, 0.4) is 0 Å². The molecule has 0 aromatic rings. The molecule has 3 amide bonds. The molecular formula is C18H29N7O2. The van der Waals surface area contributed by atoms with Crippen molar-refractivity contribution in [3.63, 3.8) is 0 Å². The lowest BCUT2D eigenvalue weighted by atomic mass is 10.1. The molecule has 0 aromatic heterocycles. The molecule has 1 N–H and O–H groups in total. The lowest BCUT2D eigenvalue weighted by Gasteiger charge is -2.35. The molecule has 0 aromatic carbocycles. The molecule has 0 aliphatic carbocycles. The van der Waals surface area contributed by atoms with Crippen molar-refractivity contribution in [1.82, 2.24) is 29.8 Å². The van der Waals surface area contributed by atoms with Crippen LogP contribution in [0.1, 0.15) is 20.8 Å². The number of fused-ring (bicyclic) bond motifs is 3. The number of piperazine rings is 1. The molecule has 4 rings (SSSR count). The molecule has 27 heavy (non-hydrogen) atoms. The van der Waals surface area contributed by atoms with Gasteiger partial charge in [0.2, 0.25) is 5.96 Å². The highest BCUT2D eigenvalue weighted by molar-refractivity contribution is 6.05. The monoisotopic (exact) mass is 375 g/mol. The average molecular weight is 375 g/mol. The average Bonchev–Trinajstić information content (AvgIpc) is 3.16. The maximum Gasteiger partial charge on any atom is 0.325 e. The molecule has 9 nitrogen and oxygen atoms in total. The summed E-state index contributed by atoms with van der Waals surface area (Å²) in [5, 5.41) is 2.44. The first-order valence-corrected chi connectivity index (χ1v) is 9.76.